The maximum Gasteiger partial charge on any atom is 0.410 e. The molecule has 0 aromatic rings. The molecule has 2 unspecified atom stereocenters. The van der Waals surface area contributed by atoms with Gasteiger partial charge in [0, 0.05) is 19.0 Å². The summed E-state index contributed by atoms with van der Waals surface area (Å²) >= 11 is 0. The molecule has 20 heavy (non-hydrogen) atoms. The summed E-state index contributed by atoms with van der Waals surface area (Å²) in [6.07, 6.45) is 1.53. The van der Waals surface area contributed by atoms with Crippen LogP contribution in [-0.2, 0) is 4.74 Å². The molecular weight excluding hydrogens is 266 g/mol. The summed E-state index contributed by atoms with van der Waals surface area (Å²) < 4.78 is 34.1. The number of nitrogens with two attached hydrogens (primary N) is 1. The van der Waals surface area contributed by atoms with Gasteiger partial charge < -0.3 is 15.4 Å². The van der Waals surface area contributed by atoms with Gasteiger partial charge in [0.1, 0.15) is 5.60 Å². The predicted octanol–water partition coefficient (Wildman–Crippen LogP) is 2.76. The fourth-order valence-electron chi connectivity index (χ4n) is 3.11. The summed E-state index contributed by atoms with van der Waals surface area (Å²) in [5.74, 6) is -3.78. The zero-order valence-corrected chi connectivity index (χ0v) is 12.4. The summed E-state index contributed by atoms with van der Waals surface area (Å²) in [7, 11) is 0. The number of piperidine rings is 1. The van der Waals surface area contributed by atoms with Crippen molar-refractivity contribution in [2.24, 2.45) is 11.7 Å². The Bertz CT molecular complexity index is 395. The second-order valence-electron chi connectivity index (χ2n) is 7.08. The van der Waals surface area contributed by atoms with Gasteiger partial charge in [0.25, 0.3) is 5.92 Å². The van der Waals surface area contributed by atoms with Crippen molar-refractivity contribution in [3.63, 3.8) is 0 Å². The molecule has 2 N–H and O–H groups in total. The number of amides is 1. The number of carbonyl (C=O) groups is 1. The standard InChI is InChI=1S/C14H24F2N2O2/c1-12(2,3)20-11(19)18-8-10-6-4-5-7-13(17,9-18)14(10,15)16/h10H,4-9,17H2,1-3H3. The van der Waals surface area contributed by atoms with Gasteiger partial charge in [0.2, 0.25) is 0 Å². The van der Waals surface area contributed by atoms with Crippen molar-refractivity contribution in [3.8, 4) is 0 Å². The van der Waals surface area contributed by atoms with E-state index in [9.17, 15) is 13.6 Å². The maximum absolute atomic E-state index is 14.4. The zero-order valence-electron chi connectivity index (χ0n) is 12.4. The molecule has 1 heterocycles. The fraction of sp³-hybridized carbons (Fsp3) is 0.929. The third-order valence-corrected chi connectivity index (χ3v) is 4.17. The van der Waals surface area contributed by atoms with Gasteiger partial charge in [-0.15, -0.1) is 0 Å². The Balaban J connectivity index is 2.19. The fourth-order valence-corrected chi connectivity index (χ4v) is 3.11. The van der Waals surface area contributed by atoms with Gasteiger partial charge in [0.05, 0.1) is 5.54 Å². The Morgan fingerprint density at radius 1 is 1.35 bits per heavy atom. The first kappa shape index (κ1) is 15.5. The molecule has 0 aromatic heterocycles. The van der Waals surface area contributed by atoms with Gasteiger partial charge in [-0.25, -0.2) is 13.6 Å². The molecule has 1 aliphatic carbocycles. The second-order valence-corrected chi connectivity index (χ2v) is 7.08. The minimum atomic E-state index is -2.91. The number of rotatable bonds is 0. The quantitative estimate of drug-likeness (QED) is 0.746. The van der Waals surface area contributed by atoms with Crippen LogP contribution >= 0.6 is 0 Å². The van der Waals surface area contributed by atoms with Crippen molar-refractivity contribution in [1.29, 1.82) is 0 Å². The van der Waals surface area contributed by atoms with Crippen LogP contribution < -0.4 is 5.73 Å². The van der Waals surface area contributed by atoms with E-state index in [0.717, 1.165) is 6.42 Å². The van der Waals surface area contributed by atoms with Gasteiger partial charge in [-0.2, -0.15) is 0 Å². The Morgan fingerprint density at radius 2 is 2.00 bits per heavy atom. The molecule has 1 saturated carbocycles. The van der Waals surface area contributed by atoms with E-state index in [4.69, 9.17) is 10.5 Å². The first-order valence-corrected chi connectivity index (χ1v) is 7.20. The predicted molar refractivity (Wildman–Crippen MR) is 71.6 cm³/mol. The van der Waals surface area contributed by atoms with Crippen molar-refractivity contribution < 1.29 is 18.3 Å². The minimum absolute atomic E-state index is 0.0286. The van der Waals surface area contributed by atoms with E-state index < -0.39 is 29.1 Å². The number of halogens is 2. The lowest BCUT2D eigenvalue weighted by molar-refractivity contribution is -0.158. The molecule has 0 radical (unpaired) electrons. The number of carbonyl (C=O) groups excluding carboxylic acids is 1. The molecule has 2 fully saturated rings. The summed E-state index contributed by atoms with van der Waals surface area (Å²) in [4.78, 5) is 13.5. The molecule has 1 aliphatic heterocycles. The van der Waals surface area contributed by atoms with E-state index in [1.54, 1.807) is 20.8 Å². The van der Waals surface area contributed by atoms with Crippen LogP contribution in [0.15, 0.2) is 0 Å². The van der Waals surface area contributed by atoms with Crippen molar-refractivity contribution in [1.82, 2.24) is 4.90 Å². The van der Waals surface area contributed by atoms with Crippen molar-refractivity contribution in [2.75, 3.05) is 13.1 Å². The monoisotopic (exact) mass is 290 g/mol. The van der Waals surface area contributed by atoms with Gasteiger partial charge in [-0.1, -0.05) is 12.8 Å². The summed E-state index contributed by atoms with van der Waals surface area (Å²) in [5.41, 5.74) is 3.71. The molecule has 116 valence electrons. The Kier molecular flexibility index (Phi) is 3.73. The highest BCUT2D eigenvalue weighted by Gasteiger charge is 2.61. The molecule has 1 amide bonds. The van der Waals surface area contributed by atoms with Crippen LogP contribution in [-0.4, -0.2) is 41.1 Å². The Hall–Kier alpha value is -0.910. The molecule has 4 nitrogen and oxygen atoms in total. The average molecular weight is 290 g/mol. The molecule has 0 aromatic carbocycles. The number of hydrogen-bond donors (Lipinski definition) is 1. The van der Waals surface area contributed by atoms with E-state index in [0.29, 0.717) is 12.8 Å². The van der Waals surface area contributed by atoms with Gasteiger partial charge >= 0.3 is 6.09 Å². The lowest BCUT2D eigenvalue weighted by atomic mass is 9.78. The number of fused-ring (bicyclic) bond motifs is 2. The summed E-state index contributed by atoms with van der Waals surface area (Å²) in [5, 5.41) is 0. The molecule has 0 spiro atoms. The van der Waals surface area contributed by atoms with E-state index in [1.807, 2.05) is 0 Å². The normalized spacial score (nSPS) is 33.5. The lowest BCUT2D eigenvalue weighted by Crippen LogP contribution is -2.70. The largest absolute Gasteiger partial charge is 0.444 e. The van der Waals surface area contributed by atoms with E-state index in [-0.39, 0.29) is 19.5 Å². The molecule has 2 rings (SSSR count). The molecule has 2 atom stereocenters. The van der Waals surface area contributed by atoms with Gasteiger partial charge in [0.15, 0.2) is 0 Å². The van der Waals surface area contributed by atoms with Crippen molar-refractivity contribution in [2.45, 2.75) is 63.5 Å². The number of hydrogen-bond acceptors (Lipinski definition) is 3. The van der Waals surface area contributed by atoms with Gasteiger partial charge in [-0.05, 0) is 33.6 Å². The van der Waals surface area contributed by atoms with Gasteiger partial charge in [-0.3, -0.25) is 0 Å². The number of nitrogens with zero attached hydrogens (tertiary/aromatic N) is 1. The maximum atomic E-state index is 14.4. The lowest BCUT2D eigenvalue weighted by Gasteiger charge is -2.48. The highest BCUT2D eigenvalue weighted by atomic mass is 19.3. The number of likely N-dealkylation sites (tertiary alicyclic amines) is 1. The molecule has 2 bridgehead atoms. The van der Waals surface area contributed by atoms with Crippen LogP contribution in [0.4, 0.5) is 13.6 Å². The smallest absolute Gasteiger partial charge is 0.410 e. The van der Waals surface area contributed by atoms with Crippen LogP contribution in [0, 0.1) is 5.92 Å². The third kappa shape index (κ3) is 2.75. The average Bonchev–Trinajstić information content (AvgIpc) is 2.35. The molecular formula is C14H24F2N2O2. The highest BCUT2D eigenvalue weighted by molar-refractivity contribution is 5.68. The van der Waals surface area contributed by atoms with Crippen LogP contribution in [0.2, 0.25) is 0 Å². The topological polar surface area (TPSA) is 55.6 Å². The summed E-state index contributed by atoms with van der Waals surface area (Å²) in [6.45, 7) is 5.17. The second kappa shape index (κ2) is 4.83. The number of alkyl halides is 2. The van der Waals surface area contributed by atoms with Crippen LogP contribution in [0.25, 0.3) is 0 Å². The van der Waals surface area contributed by atoms with E-state index >= 15 is 0 Å². The Morgan fingerprint density at radius 3 is 2.60 bits per heavy atom. The molecule has 1 saturated heterocycles. The SMILES string of the molecule is CC(C)(C)OC(=O)N1CC2CCCCC(N)(C1)C2(F)F. The summed E-state index contributed by atoms with van der Waals surface area (Å²) in [6, 6.07) is 0. The first-order chi connectivity index (χ1) is 9.05. The van der Waals surface area contributed by atoms with Crippen LogP contribution in [0.5, 0.6) is 0 Å². The van der Waals surface area contributed by atoms with Crippen molar-refractivity contribution >= 4 is 6.09 Å². The number of ether oxygens (including phenoxy) is 1. The zero-order chi connectivity index (χ0) is 15.2. The van der Waals surface area contributed by atoms with E-state index in [2.05, 4.69) is 0 Å². The first-order valence-electron chi connectivity index (χ1n) is 7.20. The van der Waals surface area contributed by atoms with Crippen LogP contribution in [0.3, 0.4) is 0 Å². The van der Waals surface area contributed by atoms with Crippen molar-refractivity contribution in [3.05, 3.63) is 0 Å². The Labute approximate surface area is 118 Å². The highest BCUT2D eigenvalue weighted by Crippen LogP contribution is 2.46. The van der Waals surface area contributed by atoms with Crippen LogP contribution in [0.1, 0.15) is 46.5 Å². The minimum Gasteiger partial charge on any atom is -0.444 e. The van der Waals surface area contributed by atoms with E-state index in [1.165, 1.54) is 4.90 Å². The molecule has 6 heteroatoms. The third-order valence-electron chi connectivity index (χ3n) is 4.17. The molecule has 2 aliphatic rings.